The zero-order valence-electron chi connectivity index (χ0n) is 7.54. The first kappa shape index (κ1) is 9.64. The van der Waals surface area contributed by atoms with Crippen molar-refractivity contribution in [3.63, 3.8) is 0 Å². The molecule has 72 valence electrons. The van der Waals surface area contributed by atoms with Gasteiger partial charge in [0.05, 0.1) is 11.4 Å². The van der Waals surface area contributed by atoms with Crippen molar-refractivity contribution in [1.29, 1.82) is 0 Å². The van der Waals surface area contributed by atoms with Crippen LogP contribution in [0.3, 0.4) is 0 Å². The van der Waals surface area contributed by atoms with Gasteiger partial charge in [-0.1, -0.05) is 0 Å². The van der Waals surface area contributed by atoms with Crippen molar-refractivity contribution in [3.8, 4) is 5.69 Å². The summed E-state index contributed by atoms with van der Waals surface area (Å²) in [6.45, 7) is 1.92. The molecule has 0 fully saturated rings. The molecule has 0 spiro atoms. The van der Waals surface area contributed by atoms with Crippen molar-refractivity contribution in [2.75, 3.05) is 0 Å². The molecule has 0 atom stereocenters. The van der Waals surface area contributed by atoms with E-state index in [0.29, 0.717) is 0 Å². The number of nitrogens with zero attached hydrogens (tertiary/aromatic N) is 2. The standard InChI is InChI=1S/C10H8FIN2/c1-7-4-5-14(13-7)10-3-2-8(11)6-9(10)12/h2-6H,1H3. The molecule has 1 aromatic heterocycles. The van der Waals surface area contributed by atoms with E-state index < -0.39 is 0 Å². The Labute approximate surface area is 94.9 Å². The van der Waals surface area contributed by atoms with Crippen LogP contribution in [0.2, 0.25) is 0 Å². The zero-order valence-corrected chi connectivity index (χ0v) is 9.69. The fourth-order valence-corrected chi connectivity index (χ4v) is 1.94. The highest BCUT2D eigenvalue weighted by Gasteiger charge is 2.04. The Kier molecular flexibility index (Phi) is 2.54. The lowest BCUT2D eigenvalue weighted by Crippen LogP contribution is -1.98. The third-order valence-electron chi connectivity index (χ3n) is 1.88. The summed E-state index contributed by atoms with van der Waals surface area (Å²) in [4.78, 5) is 0. The van der Waals surface area contributed by atoms with E-state index in [-0.39, 0.29) is 5.82 Å². The van der Waals surface area contributed by atoms with Gasteiger partial charge >= 0.3 is 0 Å². The number of halogens is 2. The van der Waals surface area contributed by atoms with Crippen LogP contribution in [0.1, 0.15) is 5.69 Å². The first-order chi connectivity index (χ1) is 6.66. The third-order valence-corrected chi connectivity index (χ3v) is 2.74. The monoisotopic (exact) mass is 302 g/mol. The van der Waals surface area contributed by atoms with E-state index in [1.807, 2.05) is 19.2 Å². The van der Waals surface area contributed by atoms with Gasteiger partial charge in [-0.15, -0.1) is 0 Å². The molecular weight excluding hydrogens is 294 g/mol. The summed E-state index contributed by atoms with van der Waals surface area (Å²) in [5, 5.41) is 4.26. The first-order valence-corrected chi connectivity index (χ1v) is 5.22. The van der Waals surface area contributed by atoms with Gasteiger partial charge in [-0.25, -0.2) is 9.07 Å². The predicted molar refractivity (Wildman–Crippen MR) is 61.0 cm³/mol. The Morgan fingerprint density at radius 3 is 2.71 bits per heavy atom. The molecule has 0 aliphatic carbocycles. The second kappa shape index (κ2) is 3.68. The highest BCUT2D eigenvalue weighted by atomic mass is 127. The Hall–Kier alpha value is -0.910. The summed E-state index contributed by atoms with van der Waals surface area (Å²) in [6.07, 6.45) is 1.87. The number of rotatable bonds is 1. The molecule has 0 unspecified atom stereocenters. The van der Waals surface area contributed by atoms with Crippen molar-refractivity contribution in [3.05, 3.63) is 45.5 Å². The van der Waals surface area contributed by atoms with E-state index in [2.05, 4.69) is 27.7 Å². The Balaban J connectivity index is 2.52. The molecule has 0 radical (unpaired) electrons. The van der Waals surface area contributed by atoms with E-state index >= 15 is 0 Å². The zero-order chi connectivity index (χ0) is 10.1. The highest BCUT2D eigenvalue weighted by molar-refractivity contribution is 14.1. The lowest BCUT2D eigenvalue weighted by molar-refractivity contribution is 0.626. The van der Waals surface area contributed by atoms with Gasteiger partial charge in [-0.3, -0.25) is 0 Å². The average Bonchev–Trinajstić information content (AvgIpc) is 2.51. The minimum absolute atomic E-state index is 0.220. The topological polar surface area (TPSA) is 17.8 Å². The van der Waals surface area contributed by atoms with Crippen LogP contribution in [0.5, 0.6) is 0 Å². The summed E-state index contributed by atoms with van der Waals surface area (Å²) in [5.41, 5.74) is 1.85. The molecule has 4 heteroatoms. The molecule has 0 amide bonds. The van der Waals surface area contributed by atoms with Gasteiger partial charge < -0.3 is 0 Å². The summed E-state index contributed by atoms with van der Waals surface area (Å²) in [7, 11) is 0. The number of aromatic nitrogens is 2. The van der Waals surface area contributed by atoms with Gasteiger partial charge in [-0.05, 0) is 53.8 Å². The molecule has 0 bridgehead atoms. The summed E-state index contributed by atoms with van der Waals surface area (Å²) in [6, 6.07) is 6.57. The van der Waals surface area contributed by atoms with Crippen molar-refractivity contribution in [1.82, 2.24) is 9.78 Å². The third kappa shape index (κ3) is 1.79. The van der Waals surface area contributed by atoms with Gasteiger partial charge in [-0.2, -0.15) is 5.10 Å². The molecule has 0 aliphatic heterocycles. The van der Waals surface area contributed by atoms with E-state index in [1.54, 1.807) is 10.7 Å². The van der Waals surface area contributed by atoms with Gasteiger partial charge in [0.15, 0.2) is 0 Å². The molecule has 0 aliphatic rings. The van der Waals surface area contributed by atoms with Gasteiger partial charge in [0.1, 0.15) is 5.82 Å². The molecule has 0 N–H and O–H groups in total. The normalized spacial score (nSPS) is 10.5. The molecule has 0 saturated heterocycles. The minimum Gasteiger partial charge on any atom is -0.240 e. The second-order valence-corrected chi connectivity index (χ2v) is 4.16. The molecule has 14 heavy (non-hydrogen) atoms. The first-order valence-electron chi connectivity index (χ1n) is 4.14. The maximum Gasteiger partial charge on any atom is 0.124 e. The van der Waals surface area contributed by atoms with Gasteiger partial charge in [0.25, 0.3) is 0 Å². The maximum atomic E-state index is 12.8. The smallest absolute Gasteiger partial charge is 0.124 e. The minimum atomic E-state index is -0.220. The van der Waals surface area contributed by atoms with Crippen LogP contribution in [0, 0.1) is 16.3 Å². The number of hydrogen-bond acceptors (Lipinski definition) is 1. The second-order valence-electron chi connectivity index (χ2n) is 3.00. The van der Waals surface area contributed by atoms with Crippen LogP contribution in [-0.2, 0) is 0 Å². The lowest BCUT2D eigenvalue weighted by Gasteiger charge is -2.03. The molecule has 2 rings (SSSR count). The molecule has 2 nitrogen and oxygen atoms in total. The van der Waals surface area contributed by atoms with Crippen LogP contribution in [0.15, 0.2) is 30.5 Å². The SMILES string of the molecule is Cc1ccn(-c2ccc(F)cc2I)n1. The van der Waals surface area contributed by atoms with E-state index in [0.717, 1.165) is 15.0 Å². The molecule has 1 heterocycles. The number of hydrogen-bond donors (Lipinski definition) is 0. The quantitative estimate of drug-likeness (QED) is 0.741. The van der Waals surface area contributed by atoms with Crippen molar-refractivity contribution >= 4 is 22.6 Å². The summed E-state index contributed by atoms with van der Waals surface area (Å²) >= 11 is 2.10. The fraction of sp³-hybridized carbons (Fsp3) is 0.100. The predicted octanol–water partition coefficient (Wildman–Crippen LogP) is 2.92. The van der Waals surface area contributed by atoms with Crippen molar-refractivity contribution in [2.24, 2.45) is 0 Å². The van der Waals surface area contributed by atoms with E-state index in [9.17, 15) is 4.39 Å². The molecule has 2 aromatic rings. The van der Waals surface area contributed by atoms with E-state index in [1.165, 1.54) is 12.1 Å². The molecule has 1 aromatic carbocycles. The summed E-state index contributed by atoms with van der Waals surface area (Å²) in [5.74, 6) is -0.220. The van der Waals surface area contributed by atoms with Crippen molar-refractivity contribution in [2.45, 2.75) is 6.92 Å². The molecular formula is C10H8FIN2. The van der Waals surface area contributed by atoms with Crippen molar-refractivity contribution < 1.29 is 4.39 Å². The number of aryl methyl sites for hydroxylation is 1. The Bertz CT molecular complexity index is 465. The largest absolute Gasteiger partial charge is 0.240 e. The van der Waals surface area contributed by atoms with Crippen LogP contribution < -0.4 is 0 Å². The lowest BCUT2D eigenvalue weighted by atomic mass is 10.3. The van der Waals surface area contributed by atoms with Crippen LogP contribution in [-0.4, -0.2) is 9.78 Å². The molecule has 0 saturated carbocycles. The van der Waals surface area contributed by atoms with Crippen LogP contribution >= 0.6 is 22.6 Å². The van der Waals surface area contributed by atoms with Gasteiger partial charge in [0.2, 0.25) is 0 Å². The Morgan fingerprint density at radius 1 is 1.36 bits per heavy atom. The average molecular weight is 302 g/mol. The Morgan fingerprint density at radius 2 is 2.14 bits per heavy atom. The van der Waals surface area contributed by atoms with E-state index in [4.69, 9.17) is 0 Å². The summed E-state index contributed by atoms with van der Waals surface area (Å²) < 4.78 is 15.4. The van der Waals surface area contributed by atoms with Crippen LogP contribution in [0.25, 0.3) is 5.69 Å². The maximum absolute atomic E-state index is 12.8. The highest BCUT2D eigenvalue weighted by Crippen LogP contribution is 2.17. The number of benzene rings is 1. The van der Waals surface area contributed by atoms with Gasteiger partial charge in [0, 0.05) is 9.77 Å². The van der Waals surface area contributed by atoms with Crippen LogP contribution in [0.4, 0.5) is 4.39 Å². The fourth-order valence-electron chi connectivity index (χ4n) is 1.22.